The Hall–Kier alpha value is -2.46. The lowest BCUT2D eigenvalue weighted by molar-refractivity contribution is 0.588. The first-order valence-electron chi connectivity index (χ1n) is 6.29. The summed E-state index contributed by atoms with van der Waals surface area (Å²) in [6, 6.07) is 17.7. The number of hydrogen-bond donors (Lipinski definition) is 1. The molecule has 0 radical (unpaired) electrons. The van der Waals surface area contributed by atoms with Crippen molar-refractivity contribution in [2.75, 3.05) is 0 Å². The zero-order valence-electron chi connectivity index (χ0n) is 10.5. The predicted molar refractivity (Wildman–Crippen MR) is 82.1 cm³/mol. The minimum Gasteiger partial charge on any atom is -0.444 e. The molecule has 2 aromatic heterocycles. The molecule has 0 amide bonds. The topological polar surface area (TPSA) is 41.8 Å². The molecule has 2 heterocycles. The molecule has 0 aliphatic heterocycles. The van der Waals surface area contributed by atoms with Crippen LogP contribution in [0.4, 0.5) is 0 Å². The summed E-state index contributed by atoms with van der Waals surface area (Å²) in [7, 11) is 0. The number of fused-ring (bicyclic) bond motifs is 2. The summed E-state index contributed by atoms with van der Waals surface area (Å²) in [5.41, 5.74) is 3.52. The highest BCUT2D eigenvalue weighted by Crippen LogP contribution is 2.26. The smallest absolute Gasteiger partial charge is 0.201 e. The number of nitrogens with zero attached hydrogens (tertiary/aromatic N) is 1. The molecule has 0 aliphatic carbocycles. The van der Waals surface area contributed by atoms with Crippen molar-refractivity contribution in [2.45, 2.75) is 0 Å². The maximum atomic E-state index is 5.70. The maximum Gasteiger partial charge on any atom is 0.201 e. The summed E-state index contributed by atoms with van der Waals surface area (Å²) in [6.45, 7) is 0. The van der Waals surface area contributed by atoms with Crippen molar-refractivity contribution < 1.29 is 4.42 Å². The van der Waals surface area contributed by atoms with Crippen molar-refractivity contribution in [1.29, 1.82) is 0 Å². The first kappa shape index (κ1) is 11.4. The van der Waals surface area contributed by atoms with Gasteiger partial charge in [0.05, 0.1) is 16.6 Å². The number of benzene rings is 2. The third kappa shape index (κ3) is 1.73. The van der Waals surface area contributed by atoms with Gasteiger partial charge in [-0.3, -0.25) is 0 Å². The predicted octanol–water partition coefficient (Wildman–Crippen LogP) is 4.71. The summed E-state index contributed by atoms with van der Waals surface area (Å²) in [4.78, 5) is 7.85. The number of aromatic amines is 1. The molecule has 0 atom stereocenters. The molecule has 0 saturated carbocycles. The number of rotatable bonds is 1. The van der Waals surface area contributed by atoms with Gasteiger partial charge in [0.15, 0.2) is 0 Å². The fourth-order valence-corrected chi connectivity index (χ4v) is 2.55. The molecule has 0 bridgehead atoms. The van der Waals surface area contributed by atoms with E-state index >= 15 is 0 Å². The molecule has 0 unspecified atom stereocenters. The quantitative estimate of drug-likeness (QED) is 0.513. The molecule has 0 aliphatic rings. The molecule has 4 heteroatoms. The van der Waals surface area contributed by atoms with E-state index in [9.17, 15) is 0 Å². The number of para-hydroxylation sites is 3. The first-order chi connectivity index (χ1) is 9.81. The van der Waals surface area contributed by atoms with Crippen LogP contribution in [-0.2, 0) is 0 Å². The lowest BCUT2D eigenvalue weighted by Gasteiger charge is -2.00. The van der Waals surface area contributed by atoms with Crippen LogP contribution in [-0.4, -0.2) is 9.97 Å². The Kier molecular flexibility index (Phi) is 2.44. The zero-order chi connectivity index (χ0) is 13.5. The Morgan fingerprint density at radius 2 is 1.80 bits per heavy atom. The Labute approximate surface area is 119 Å². The largest absolute Gasteiger partial charge is 0.444 e. The van der Waals surface area contributed by atoms with Gasteiger partial charge in [-0.05, 0) is 36.5 Å². The van der Waals surface area contributed by atoms with Gasteiger partial charge in [-0.25, -0.2) is 4.98 Å². The highest BCUT2D eigenvalue weighted by molar-refractivity contribution is 7.71. The van der Waals surface area contributed by atoms with Gasteiger partial charge in [-0.2, -0.15) is 0 Å². The van der Waals surface area contributed by atoms with Crippen LogP contribution in [0.15, 0.2) is 59.0 Å². The van der Waals surface area contributed by atoms with Crippen molar-refractivity contribution in [3.05, 3.63) is 59.3 Å². The van der Waals surface area contributed by atoms with Gasteiger partial charge in [0.25, 0.3) is 0 Å². The van der Waals surface area contributed by atoms with Gasteiger partial charge in [0.1, 0.15) is 11.4 Å². The summed E-state index contributed by atoms with van der Waals surface area (Å²) in [5, 5.41) is 1.01. The summed E-state index contributed by atoms with van der Waals surface area (Å²) in [5.74, 6) is 0.741. The van der Waals surface area contributed by atoms with Crippen molar-refractivity contribution in [1.82, 2.24) is 9.97 Å². The van der Waals surface area contributed by atoms with E-state index in [-0.39, 0.29) is 0 Å². The number of imidazole rings is 1. The lowest BCUT2D eigenvalue weighted by Crippen LogP contribution is -1.83. The van der Waals surface area contributed by atoms with E-state index in [0.29, 0.717) is 4.71 Å². The van der Waals surface area contributed by atoms with Crippen LogP contribution in [0.5, 0.6) is 0 Å². The van der Waals surface area contributed by atoms with Crippen LogP contribution in [0.25, 0.3) is 33.4 Å². The van der Waals surface area contributed by atoms with E-state index in [1.807, 2.05) is 54.6 Å². The molecule has 96 valence electrons. The molecular formula is C16H10N2OS. The number of H-pyrrole nitrogens is 1. The van der Waals surface area contributed by atoms with Crippen LogP contribution in [0, 0.1) is 4.71 Å². The monoisotopic (exact) mass is 278 g/mol. The zero-order valence-corrected chi connectivity index (χ0v) is 11.3. The van der Waals surface area contributed by atoms with E-state index in [1.165, 1.54) is 0 Å². The normalized spacial score (nSPS) is 11.2. The molecule has 4 rings (SSSR count). The molecule has 0 fully saturated rings. The highest BCUT2D eigenvalue weighted by Gasteiger charge is 2.09. The average molecular weight is 278 g/mol. The molecule has 3 nitrogen and oxygen atoms in total. The van der Waals surface area contributed by atoms with Crippen LogP contribution in [0.3, 0.4) is 0 Å². The van der Waals surface area contributed by atoms with Gasteiger partial charge >= 0.3 is 0 Å². The minimum absolute atomic E-state index is 0.447. The van der Waals surface area contributed by atoms with Gasteiger partial charge in [0, 0.05) is 5.39 Å². The van der Waals surface area contributed by atoms with Gasteiger partial charge < -0.3 is 9.40 Å². The summed E-state index contributed by atoms with van der Waals surface area (Å²) >= 11 is 5.34. The molecule has 1 N–H and O–H groups in total. The van der Waals surface area contributed by atoms with E-state index in [4.69, 9.17) is 16.6 Å². The number of aromatic nitrogens is 2. The van der Waals surface area contributed by atoms with Crippen LogP contribution < -0.4 is 0 Å². The second-order valence-corrected chi connectivity index (χ2v) is 4.96. The van der Waals surface area contributed by atoms with Crippen molar-refractivity contribution >= 4 is 34.2 Å². The first-order valence-corrected chi connectivity index (χ1v) is 6.70. The standard InChI is InChI=1S/C16H10N2OS/c20-16-11(9-10-5-1-4-8-14(10)19-16)15-17-12-6-2-3-7-13(12)18-15/h1-9H,(H,17,18). The number of hydrogen-bond acceptors (Lipinski definition) is 3. The Balaban J connectivity index is 2.01. The van der Waals surface area contributed by atoms with Crippen molar-refractivity contribution in [2.24, 2.45) is 0 Å². The molecule has 0 spiro atoms. The third-order valence-electron chi connectivity index (χ3n) is 3.29. The van der Waals surface area contributed by atoms with Gasteiger partial charge in [0.2, 0.25) is 4.71 Å². The SMILES string of the molecule is S=c1oc2ccccc2cc1-c1nc2ccccc2[nH]1. The fourth-order valence-electron chi connectivity index (χ4n) is 2.31. The highest BCUT2D eigenvalue weighted by atomic mass is 32.1. The third-order valence-corrected chi connectivity index (χ3v) is 3.59. The Bertz CT molecular complexity index is 951. The lowest BCUT2D eigenvalue weighted by atomic mass is 10.2. The van der Waals surface area contributed by atoms with Crippen LogP contribution >= 0.6 is 12.2 Å². The van der Waals surface area contributed by atoms with Crippen molar-refractivity contribution in [3.8, 4) is 11.4 Å². The molecule has 2 aromatic carbocycles. The minimum atomic E-state index is 0.447. The second kappa shape index (κ2) is 4.28. The Morgan fingerprint density at radius 1 is 1.00 bits per heavy atom. The van der Waals surface area contributed by atoms with Crippen LogP contribution in [0.1, 0.15) is 0 Å². The van der Waals surface area contributed by atoms with E-state index < -0.39 is 0 Å². The fraction of sp³-hybridized carbons (Fsp3) is 0. The van der Waals surface area contributed by atoms with Gasteiger partial charge in [-0.15, -0.1) is 0 Å². The van der Waals surface area contributed by atoms with E-state index in [1.54, 1.807) is 0 Å². The maximum absolute atomic E-state index is 5.70. The molecule has 20 heavy (non-hydrogen) atoms. The summed E-state index contributed by atoms with van der Waals surface area (Å²) in [6.07, 6.45) is 0. The average Bonchev–Trinajstić information content (AvgIpc) is 2.90. The molecule has 4 aromatic rings. The Morgan fingerprint density at radius 3 is 2.70 bits per heavy atom. The van der Waals surface area contributed by atoms with Crippen LogP contribution in [0.2, 0.25) is 0 Å². The van der Waals surface area contributed by atoms with Gasteiger partial charge in [-0.1, -0.05) is 30.3 Å². The molecule has 0 saturated heterocycles. The second-order valence-electron chi connectivity index (χ2n) is 4.59. The number of nitrogens with one attached hydrogen (secondary N) is 1. The van der Waals surface area contributed by atoms with E-state index in [0.717, 1.165) is 33.4 Å². The van der Waals surface area contributed by atoms with E-state index in [2.05, 4.69) is 9.97 Å². The summed E-state index contributed by atoms with van der Waals surface area (Å²) < 4.78 is 6.15. The molecular weight excluding hydrogens is 268 g/mol. The van der Waals surface area contributed by atoms with Crippen molar-refractivity contribution in [3.63, 3.8) is 0 Å².